The van der Waals surface area contributed by atoms with Gasteiger partial charge in [-0.1, -0.05) is 54.6 Å². The summed E-state index contributed by atoms with van der Waals surface area (Å²) >= 11 is 1.58. The van der Waals surface area contributed by atoms with Crippen molar-refractivity contribution in [2.24, 2.45) is 0 Å². The van der Waals surface area contributed by atoms with Crippen molar-refractivity contribution in [1.82, 2.24) is 4.90 Å². The van der Waals surface area contributed by atoms with E-state index in [1.807, 2.05) is 30.3 Å². The number of carbonyl (C=O) groups excluding carboxylic acids is 2. The molecule has 0 spiro atoms. The van der Waals surface area contributed by atoms with Crippen LogP contribution in [-0.2, 0) is 30.6 Å². The standard InChI is InChI=1S/C25H24N2O2S/c28-22(16-27-14-13-17-7-4-5-10-19(17)15-27)26-25-23(20-11-6-12-21(20)30-25)24(29)18-8-2-1-3-9-18/h1-5,7-10H,6,11-16H2,(H,26,28). The largest absolute Gasteiger partial charge is 0.316 e. The highest BCUT2D eigenvalue weighted by Crippen LogP contribution is 2.40. The highest BCUT2D eigenvalue weighted by atomic mass is 32.1. The molecule has 152 valence electrons. The van der Waals surface area contributed by atoms with Gasteiger partial charge in [0, 0.05) is 23.5 Å². The first-order valence-corrected chi connectivity index (χ1v) is 11.3. The van der Waals surface area contributed by atoms with Crippen LogP contribution in [0.4, 0.5) is 5.00 Å². The first kappa shape index (κ1) is 19.2. The molecule has 1 N–H and O–H groups in total. The Morgan fingerprint density at radius 1 is 0.933 bits per heavy atom. The molecule has 1 aromatic heterocycles. The van der Waals surface area contributed by atoms with Gasteiger partial charge in [-0.15, -0.1) is 11.3 Å². The van der Waals surface area contributed by atoms with Gasteiger partial charge < -0.3 is 5.32 Å². The third-order valence-electron chi connectivity index (χ3n) is 6.01. The molecule has 0 bridgehead atoms. The number of amides is 1. The topological polar surface area (TPSA) is 49.4 Å². The summed E-state index contributed by atoms with van der Waals surface area (Å²) in [5, 5.41) is 3.80. The number of anilines is 1. The van der Waals surface area contributed by atoms with Gasteiger partial charge in [-0.2, -0.15) is 0 Å². The van der Waals surface area contributed by atoms with Crippen molar-refractivity contribution in [3.63, 3.8) is 0 Å². The van der Waals surface area contributed by atoms with Crippen molar-refractivity contribution < 1.29 is 9.59 Å². The highest BCUT2D eigenvalue weighted by molar-refractivity contribution is 7.17. The Hall–Kier alpha value is -2.76. The number of hydrogen-bond acceptors (Lipinski definition) is 4. The predicted molar refractivity (Wildman–Crippen MR) is 120 cm³/mol. The normalized spacial score (nSPS) is 15.5. The number of nitrogens with one attached hydrogen (secondary N) is 1. The molecule has 1 amide bonds. The molecule has 3 aromatic rings. The second-order valence-electron chi connectivity index (χ2n) is 8.03. The van der Waals surface area contributed by atoms with Crippen LogP contribution in [0, 0.1) is 0 Å². The Bertz CT molecular complexity index is 1100. The fraction of sp³-hybridized carbons (Fsp3) is 0.280. The van der Waals surface area contributed by atoms with E-state index in [1.165, 1.54) is 16.0 Å². The van der Waals surface area contributed by atoms with Crippen molar-refractivity contribution in [1.29, 1.82) is 0 Å². The van der Waals surface area contributed by atoms with Crippen molar-refractivity contribution >= 4 is 28.0 Å². The zero-order chi connectivity index (χ0) is 20.5. The minimum Gasteiger partial charge on any atom is -0.316 e. The number of hydrogen-bond donors (Lipinski definition) is 1. The minimum atomic E-state index is -0.0450. The summed E-state index contributed by atoms with van der Waals surface area (Å²) in [7, 11) is 0. The van der Waals surface area contributed by atoms with E-state index in [2.05, 4.69) is 34.5 Å². The monoisotopic (exact) mass is 416 g/mol. The number of nitrogens with zero attached hydrogens (tertiary/aromatic N) is 1. The van der Waals surface area contributed by atoms with Crippen LogP contribution in [0.15, 0.2) is 54.6 Å². The molecule has 5 rings (SSSR count). The lowest BCUT2D eigenvalue weighted by Crippen LogP contribution is -2.37. The summed E-state index contributed by atoms with van der Waals surface area (Å²) in [6.07, 6.45) is 3.96. The lowest BCUT2D eigenvalue weighted by Gasteiger charge is -2.28. The molecule has 1 aliphatic carbocycles. The maximum absolute atomic E-state index is 13.2. The zero-order valence-corrected chi connectivity index (χ0v) is 17.6. The Kier molecular flexibility index (Phi) is 5.23. The number of benzene rings is 2. The van der Waals surface area contributed by atoms with Crippen LogP contribution in [0.2, 0.25) is 0 Å². The quantitative estimate of drug-likeness (QED) is 0.625. The van der Waals surface area contributed by atoms with Gasteiger partial charge in [0.05, 0.1) is 12.1 Å². The number of thiophene rings is 1. The molecule has 4 nitrogen and oxygen atoms in total. The van der Waals surface area contributed by atoms with Crippen molar-refractivity contribution in [2.75, 3.05) is 18.4 Å². The second-order valence-corrected chi connectivity index (χ2v) is 9.14. The van der Waals surface area contributed by atoms with Crippen molar-refractivity contribution in [3.8, 4) is 0 Å². The molecule has 0 unspecified atom stereocenters. The number of rotatable bonds is 5. The minimum absolute atomic E-state index is 0.0113. The van der Waals surface area contributed by atoms with Crippen LogP contribution >= 0.6 is 11.3 Å². The maximum Gasteiger partial charge on any atom is 0.239 e. The molecule has 2 aliphatic rings. The third kappa shape index (κ3) is 3.71. The van der Waals surface area contributed by atoms with Gasteiger partial charge in [-0.3, -0.25) is 14.5 Å². The SMILES string of the molecule is O=C(CN1CCc2ccccc2C1)Nc1sc2c(c1C(=O)c1ccccc1)CCC2. The van der Waals surface area contributed by atoms with E-state index in [0.29, 0.717) is 17.7 Å². The van der Waals surface area contributed by atoms with Crippen LogP contribution < -0.4 is 5.32 Å². The molecule has 5 heteroatoms. The van der Waals surface area contributed by atoms with Gasteiger partial charge in [0.2, 0.25) is 5.91 Å². The van der Waals surface area contributed by atoms with Gasteiger partial charge in [0.25, 0.3) is 0 Å². The van der Waals surface area contributed by atoms with Gasteiger partial charge in [0.15, 0.2) is 5.78 Å². The number of ketones is 1. The van der Waals surface area contributed by atoms with E-state index in [9.17, 15) is 9.59 Å². The lowest BCUT2D eigenvalue weighted by atomic mass is 10.00. The lowest BCUT2D eigenvalue weighted by molar-refractivity contribution is -0.117. The Balaban J connectivity index is 1.34. The van der Waals surface area contributed by atoms with E-state index < -0.39 is 0 Å². The molecule has 2 heterocycles. The first-order chi connectivity index (χ1) is 14.7. The summed E-state index contributed by atoms with van der Waals surface area (Å²) in [4.78, 5) is 29.5. The second kappa shape index (κ2) is 8.17. The number of fused-ring (bicyclic) bond motifs is 2. The van der Waals surface area contributed by atoms with E-state index in [4.69, 9.17) is 0 Å². The fourth-order valence-electron chi connectivity index (χ4n) is 4.52. The Labute approximate surface area is 180 Å². The molecule has 0 saturated heterocycles. The molecule has 0 radical (unpaired) electrons. The summed E-state index contributed by atoms with van der Waals surface area (Å²) in [5.74, 6) is -0.0337. The van der Waals surface area contributed by atoms with Gasteiger partial charge in [0.1, 0.15) is 5.00 Å². The molecule has 2 aromatic carbocycles. The van der Waals surface area contributed by atoms with E-state index >= 15 is 0 Å². The average Bonchev–Trinajstić information content (AvgIpc) is 3.34. The smallest absolute Gasteiger partial charge is 0.239 e. The summed E-state index contributed by atoms with van der Waals surface area (Å²) in [5.41, 5.74) is 5.19. The zero-order valence-electron chi connectivity index (χ0n) is 16.8. The summed E-state index contributed by atoms with van der Waals surface area (Å²) < 4.78 is 0. The summed E-state index contributed by atoms with van der Waals surface area (Å²) in [6.45, 7) is 2.01. The molecular weight excluding hydrogens is 392 g/mol. The van der Waals surface area contributed by atoms with Crippen molar-refractivity contribution in [3.05, 3.63) is 87.3 Å². The third-order valence-corrected chi connectivity index (χ3v) is 7.22. The number of carbonyl (C=O) groups is 2. The van der Waals surface area contributed by atoms with Gasteiger partial charge in [-0.25, -0.2) is 0 Å². The van der Waals surface area contributed by atoms with E-state index in [0.717, 1.165) is 49.3 Å². The van der Waals surface area contributed by atoms with E-state index in [-0.39, 0.29) is 11.7 Å². The Morgan fingerprint density at radius 3 is 2.53 bits per heavy atom. The molecule has 0 fully saturated rings. The fourth-order valence-corrected chi connectivity index (χ4v) is 5.83. The predicted octanol–water partition coefficient (Wildman–Crippen LogP) is 4.46. The maximum atomic E-state index is 13.2. The van der Waals surface area contributed by atoms with Crippen LogP contribution in [0.1, 0.15) is 43.9 Å². The molecule has 30 heavy (non-hydrogen) atoms. The molecular formula is C25H24N2O2S. The van der Waals surface area contributed by atoms with Gasteiger partial charge >= 0.3 is 0 Å². The average molecular weight is 417 g/mol. The van der Waals surface area contributed by atoms with E-state index in [1.54, 1.807) is 11.3 Å². The van der Waals surface area contributed by atoms with Crippen LogP contribution in [0.3, 0.4) is 0 Å². The highest BCUT2D eigenvalue weighted by Gasteiger charge is 2.28. The van der Waals surface area contributed by atoms with Gasteiger partial charge in [-0.05, 0) is 42.4 Å². The van der Waals surface area contributed by atoms with Crippen LogP contribution in [0.25, 0.3) is 0 Å². The number of aryl methyl sites for hydroxylation is 1. The first-order valence-electron chi connectivity index (χ1n) is 10.5. The summed E-state index contributed by atoms with van der Waals surface area (Å²) in [6, 6.07) is 17.8. The molecule has 0 atom stereocenters. The van der Waals surface area contributed by atoms with Crippen molar-refractivity contribution in [2.45, 2.75) is 32.2 Å². The molecule has 0 saturated carbocycles. The van der Waals surface area contributed by atoms with Crippen LogP contribution in [0.5, 0.6) is 0 Å². The van der Waals surface area contributed by atoms with Crippen LogP contribution in [-0.4, -0.2) is 29.7 Å². The molecule has 1 aliphatic heterocycles. The Morgan fingerprint density at radius 2 is 1.70 bits per heavy atom.